The fourth-order valence-electron chi connectivity index (χ4n) is 3.06. The maximum absolute atomic E-state index is 13.2. The SMILES string of the molecule is CCN(CC)CC(C(=O)Nc1c(C)cccc1C)/C(C)=N/NC(=O)C[N+](C)(C)C. The summed E-state index contributed by atoms with van der Waals surface area (Å²) in [5.41, 5.74) is 6.07. The molecule has 7 nitrogen and oxygen atoms in total. The van der Waals surface area contributed by atoms with Gasteiger partial charge in [0, 0.05) is 17.9 Å². The standard InChI is InChI=1S/C22H37N5O2/c1-9-26(10-2)14-19(18(5)24-25-20(28)15-27(6,7)8)22(29)23-21-16(3)12-11-13-17(21)4/h11-13,19H,9-10,14-15H2,1-8H3,(H-,23,25,28,29)/p+1/b24-18+. The van der Waals surface area contributed by atoms with Gasteiger partial charge in [0.15, 0.2) is 6.54 Å². The number of quaternary nitrogens is 1. The lowest BCUT2D eigenvalue weighted by molar-refractivity contribution is -0.862. The zero-order chi connectivity index (χ0) is 22.2. The van der Waals surface area contributed by atoms with E-state index in [4.69, 9.17) is 0 Å². The molecule has 7 heteroatoms. The van der Waals surface area contributed by atoms with Crippen LogP contribution in [0.5, 0.6) is 0 Å². The third kappa shape index (κ3) is 8.33. The van der Waals surface area contributed by atoms with Gasteiger partial charge in [-0.15, -0.1) is 0 Å². The van der Waals surface area contributed by atoms with Crippen LogP contribution in [0.2, 0.25) is 0 Å². The van der Waals surface area contributed by atoms with E-state index in [1.165, 1.54) is 0 Å². The molecule has 2 N–H and O–H groups in total. The summed E-state index contributed by atoms with van der Waals surface area (Å²) < 4.78 is 0.510. The summed E-state index contributed by atoms with van der Waals surface area (Å²) >= 11 is 0. The van der Waals surface area contributed by atoms with Gasteiger partial charge < -0.3 is 14.7 Å². The maximum Gasteiger partial charge on any atom is 0.295 e. The molecule has 1 rings (SSSR count). The summed E-state index contributed by atoms with van der Waals surface area (Å²) in [6, 6.07) is 5.94. The van der Waals surface area contributed by atoms with Gasteiger partial charge in [0.2, 0.25) is 5.91 Å². The third-order valence-corrected chi connectivity index (χ3v) is 4.86. The van der Waals surface area contributed by atoms with Crippen LogP contribution >= 0.6 is 0 Å². The number of hydrogen-bond acceptors (Lipinski definition) is 4. The minimum Gasteiger partial charge on any atom is -0.325 e. The van der Waals surface area contributed by atoms with Crippen LogP contribution in [0.15, 0.2) is 23.3 Å². The molecule has 0 aliphatic rings. The van der Waals surface area contributed by atoms with Crippen molar-refractivity contribution in [1.29, 1.82) is 0 Å². The number of carbonyl (C=O) groups is 2. The van der Waals surface area contributed by atoms with Crippen molar-refractivity contribution in [1.82, 2.24) is 10.3 Å². The molecular weight excluding hydrogens is 366 g/mol. The van der Waals surface area contributed by atoms with Gasteiger partial charge in [0.05, 0.1) is 27.1 Å². The summed E-state index contributed by atoms with van der Waals surface area (Å²) in [6.45, 7) is 12.4. The Balaban J connectivity index is 3.04. The molecule has 0 aliphatic heterocycles. The minimum absolute atomic E-state index is 0.114. The molecule has 162 valence electrons. The van der Waals surface area contributed by atoms with Crippen LogP contribution in [-0.4, -0.2) is 74.2 Å². The monoisotopic (exact) mass is 404 g/mol. The number of hydrogen-bond donors (Lipinski definition) is 2. The van der Waals surface area contributed by atoms with E-state index in [1.54, 1.807) is 6.92 Å². The summed E-state index contributed by atoms with van der Waals surface area (Å²) in [6.07, 6.45) is 0. The quantitative estimate of drug-likeness (QED) is 0.357. The number of para-hydroxylation sites is 1. The van der Waals surface area contributed by atoms with Gasteiger partial charge in [-0.1, -0.05) is 32.0 Å². The molecule has 0 saturated carbocycles. The van der Waals surface area contributed by atoms with Crippen LogP contribution in [0.3, 0.4) is 0 Å². The first-order valence-corrected chi connectivity index (χ1v) is 10.2. The number of aryl methyl sites for hydroxylation is 2. The summed E-state index contributed by atoms with van der Waals surface area (Å²) in [7, 11) is 5.83. The second-order valence-electron chi connectivity index (χ2n) is 8.53. The Morgan fingerprint density at radius 2 is 1.66 bits per heavy atom. The van der Waals surface area contributed by atoms with E-state index < -0.39 is 5.92 Å². The summed E-state index contributed by atoms with van der Waals surface area (Å²) in [5, 5.41) is 7.33. The Labute approximate surface area is 175 Å². The summed E-state index contributed by atoms with van der Waals surface area (Å²) in [5.74, 6) is -0.747. The van der Waals surface area contributed by atoms with Gasteiger partial charge in [-0.2, -0.15) is 5.10 Å². The highest BCUT2D eigenvalue weighted by atomic mass is 16.2. The van der Waals surface area contributed by atoms with E-state index in [0.717, 1.165) is 29.9 Å². The normalized spacial score (nSPS) is 13.3. The largest absolute Gasteiger partial charge is 0.325 e. The number of carbonyl (C=O) groups excluding carboxylic acids is 2. The van der Waals surface area contributed by atoms with Crippen molar-refractivity contribution in [3.63, 3.8) is 0 Å². The highest BCUT2D eigenvalue weighted by Crippen LogP contribution is 2.20. The van der Waals surface area contributed by atoms with E-state index in [2.05, 4.69) is 34.6 Å². The smallest absolute Gasteiger partial charge is 0.295 e. The molecule has 1 aromatic rings. The number of hydrazone groups is 1. The number of benzene rings is 1. The van der Waals surface area contributed by atoms with Gasteiger partial charge >= 0.3 is 0 Å². The van der Waals surface area contributed by atoms with Gasteiger partial charge in [-0.05, 0) is 45.0 Å². The second-order valence-corrected chi connectivity index (χ2v) is 8.53. The Morgan fingerprint density at radius 1 is 1.10 bits per heavy atom. The van der Waals surface area contributed by atoms with E-state index in [1.807, 2.05) is 53.2 Å². The number of rotatable bonds is 10. The molecule has 0 spiro atoms. The number of nitrogens with zero attached hydrogens (tertiary/aromatic N) is 3. The van der Waals surface area contributed by atoms with Gasteiger partial charge in [0.25, 0.3) is 5.91 Å². The number of nitrogens with one attached hydrogen (secondary N) is 2. The van der Waals surface area contributed by atoms with Crippen molar-refractivity contribution in [2.45, 2.75) is 34.6 Å². The first-order valence-electron chi connectivity index (χ1n) is 10.2. The topological polar surface area (TPSA) is 73.8 Å². The lowest BCUT2D eigenvalue weighted by Crippen LogP contribution is -2.44. The number of likely N-dealkylation sites (N-methyl/N-ethyl adjacent to an activating group) is 1. The molecule has 0 saturated heterocycles. The maximum atomic E-state index is 13.2. The van der Waals surface area contributed by atoms with Gasteiger partial charge in [-0.3, -0.25) is 9.59 Å². The molecular formula is C22H38N5O2+. The van der Waals surface area contributed by atoms with E-state index in [9.17, 15) is 9.59 Å². The van der Waals surface area contributed by atoms with Crippen LogP contribution < -0.4 is 10.7 Å². The van der Waals surface area contributed by atoms with E-state index in [0.29, 0.717) is 23.3 Å². The fraction of sp³-hybridized carbons (Fsp3) is 0.591. The zero-order valence-electron chi connectivity index (χ0n) is 19.3. The highest BCUT2D eigenvalue weighted by molar-refractivity contribution is 6.09. The lowest BCUT2D eigenvalue weighted by Gasteiger charge is -2.25. The molecule has 0 fully saturated rings. The Bertz CT molecular complexity index is 713. The Morgan fingerprint density at radius 3 is 2.14 bits per heavy atom. The molecule has 2 amide bonds. The molecule has 1 aromatic carbocycles. The van der Waals surface area contributed by atoms with Crippen molar-refractivity contribution >= 4 is 23.2 Å². The van der Waals surface area contributed by atoms with Crippen molar-refractivity contribution in [3.8, 4) is 0 Å². The third-order valence-electron chi connectivity index (χ3n) is 4.86. The lowest BCUT2D eigenvalue weighted by atomic mass is 10.0. The number of anilines is 1. The van der Waals surface area contributed by atoms with Crippen molar-refractivity contribution < 1.29 is 14.1 Å². The average molecular weight is 405 g/mol. The molecule has 0 heterocycles. The fourth-order valence-corrected chi connectivity index (χ4v) is 3.06. The van der Waals surface area contributed by atoms with E-state index >= 15 is 0 Å². The van der Waals surface area contributed by atoms with Crippen molar-refractivity contribution in [2.75, 3.05) is 52.6 Å². The Kier molecular flexibility index (Phi) is 9.46. The second kappa shape index (κ2) is 11.1. The van der Waals surface area contributed by atoms with Gasteiger partial charge in [-0.25, -0.2) is 5.43 Å². The first kappa shape index (κ1) is 24.8. The highest BCUT2D eigenvalue weighted by Gasteiger charge is 2.25. The number of amides is 2. The first-order chi connectivity index (χ1) is 13.5. The zero-order valence-corrected chi connectivity index (χ0v) is 19.3. The Hall–Kier alpha value is -2.25. The van der Waals surface area contributed by atoms with Crippen LogP contribution in [0.1, 0.15) is 31.9 Å². The van der Waals surface area contributed by atoms with Gasteiger partial charge in [0.1, 0.15) is 0 Å². The average Bonchev–Trinajstić information content (AvgIpc) is 2.62. The molecule has 0 aliphatic carbocycles. The van der Waals surface area contributed by atoms with E-state index in [-0.39, 0.29) is 11.8 Å². The van der Waals surface area contributed by atoms with Crippen LogP contribution in [0, 0.1) is 19.8 Å². The predicted octanol–water partition coefficient (Wildman–Crippen LogP) is 2.40. The minimum atomic E-state index is -0.460. The predicted molar refractivity (Wildman–Crippen MR) is 120 cm³/mol. The van der Waals surface area contributed by atoms with Crippen molar-refractivity contribution in [2.24, 2.45) is 11.0 Å². The molecule has 0 radical (unpaired) electrons. The van der Waals surface area contributed by atoms with Crippen LogP contribution in [0.25, 0.3) is 0 Å². The molecule has 1 atom stereocenters. The van der Waals surface area contributed by atoms with Crippen LogP contribution in [0.4, 0.5) is 5.69 Å². The van der Waals surface area contributed by atoms with Crippen LogP contribution in [-0.2, 0) is 9.59 Å². The molecule has 1 unspecified atom stereocenters. The molecule has 0 bridgehead atoms. The molecule has 29 heavy (non-hydrogen) atoms. The summed E-state index contributed by atoms with van der Waals surface area (Å²) in [4.78, 5) is 27.5. The van der Waals surface area contributed by atoms with Crippen molar-refractivity contribution in [3.05, 3.63) is 29.3 Å². The molecule has 0 aromatic heterocycles.